The number of rotatable bonds is 4. The summed E-state index contributed by atoms with van der Waals surface area (Å²) in [4.78, 5) is 2.44. The van der Waals surface area contributed by atoms with Gasteiger partial charge in [0.15, 0.2) is 0 Å². The van der Waals surface area contributed by atoms with Crippen LogP contribution in [-0.2, 0) is 4.74 Å². The highest BCUT2D eigenvalue weighted by Crippen LogP contribution is 2.27. The number of hydrogen-bond acceptors (Lipinski definition) is 3. The van der Waals surface area contributed by atoms with Crippen molar-refractivity contribution in [1.29, 1.82) is 0 Å². The predicted molar refractivity (Wildman–Crippen MR) is 79.5 cm³/mol. The molecule has 1 heterocycles. The fraction of sp³-hybridized carbons (Fsp3) is 0.600. The second kappa shape index (κ2) is 7.25. The Morgan fingerprint density at radius 2 is 2.21 bits per heavy atom. The molecule has 0 amide bonds. The zero-order valence-corrected chi connectivity index (χ0v) is 12.3. The van der Waals surface area contributed by atoms with Crippen LogP contribution in [0.3, 0.4) is 0 Å². The summed E-state index contributed by atoms with van der Waals surface area (Å²) >= 11 is 6.12. The maximum Gasteiger partial charge on any atom is 0.0593 e. The van der Waals surface area contributed by atoms with Crippen molar-refractivity contribution in [3.8, 4) is 0 Å². The van der Waals surface area contributed by atoms with Crippen LogP contribution in [0.4, 0.5) is 0 Å². The summed E-state index contributed by atoms with van der Waals surface area (Å²) in [5.74, 6) is 0. The van der Waals surface area contributed by atoms with Gasteiger partial charge in [-0.25, -0.2) is 0 Å². The van der Waals surface area contributed by atoms with Crippen LogP contribution in [0.1, 0.15) is 31.4 Å². The summed E-state index contributed by atoms with van der Waals surface area (Å²) in [6.45, 7) is 5.74. The Bertz CT molecular complexity index is 391. The molecule has 106 valence electrons. The van der Waals surface area contributed by atoms with Crippen LogP contribution in [0, 0.1) is 0 Å². The molecule has 2 rings (SSSR count). The van der Waals surface area contributed by atoms with Gasteiger partial charge in [-0.2, -0.15) is 0 Å². The van der Waals surface area contributed by atoms with Crippen molar-refractivity contribution in [1.82, 2.24) is 4.90 Å². The van der Waals surface area contributed by atoms with E-state index in [1.54, 1.807) is 0 Å². The summed E-state index contributed by atoms with van der Waals surface area (Å²) in [5.41, 5.74) is 7.57. The third-order valence-corrected chi connectivity index (χ3v) is 3.95. The molecule has 3 nitrogen and oxygen atoms in total. The van der Waals surface area contributed by atoms with Gasteiger partial charge in [-0.1, -0.05) is 30.7 Å². The quantitative estimate of drug-likeness (QED) is 0.923. The lowest BCUT2D eigenvalue weighted by Gasteiger charge is -2.34. The molecule has 0 aromatic heterocycles. The largest absolute Gasteiger partial charge is 0.380 e. The monoisotopic (exact) mass is 282 g/mol. The van der Waals surface area contributed by atoms with Crippen LogP contribution in [0.2, 0.25) is 5.02 Å². The molecule has 1 aromatic carbocycles. The maximum absolute atomic E-state index is 6.36. The van der Waals surface area contributed by atoms with E-state index in [0.29, 0.717) is 0 Å². The van der Waals surface area contributed by atoms with Crippen LogP contribution in [-0.4, -0.2) is 37.2 Å². The van der Waals surface area contributed by atoms with Crippen molar-refractivity contribution in [2.45, 2.75) is 31.8 Å². The first-order valence-corrected chi connectivity index (χ1v) is 7.43. The van der Waals surface area contributed by atoms with Gasteiger partial charge in [0.25, 0.3) is 0 Å². The minimum Gasteiger partial charge on any atom is -0.380 e. The predicted octanol–water partition coefficient (Wildman–Crippen LogP) is 2.84. The minimum absolute atomic E-state index is 0.122. The highest BCUT2D eigenvalue weighted by molar-refractivity contribution is 6.30. The molecule has 1 aliphatic heterocycles. The van der Waals surface area contributed by atoms with Gasteiger partial charge in [0.05, 0.1) is 12.6 Å². The van der Waals surface area contributed by atoms with Crippen molar-refractivity contribution in [3.05, 3.63) is 34.9 Å². The number of nitrogens with zero attached hydrogens (tertiary/aromatic N) is 1. The van der Waals surface area contributed by atoms with Gasteiger partial charge in [-0.05, 0) is 30.5 Å². The molecular weight excluding hydrogens is 260 g/mol. The van der Waals surface area contributed by atoms with Gasteiger partial charge in [-0.15, -0.1) is 0 Å². The van der Waals surface area contributed by atoms with Crippen molar-refractivity contribution in [3.63, 3.8) is 0 Å². The summed E-state index contributed by atoms with van der Waals surface area (Å²) in [7, 11) is 0. The minimum atomic E-state index is 0.122. The van der Waals surface area contributed by atoms with Crippen LogP contribution in [0.5, 0.6) is 0 Å². The Hall–Kier alpha value is -0.610. The third-order valence-electron chi connectivity index (χ3n) is 3.72. The molecule has 0 aliphatic carbocycles. The average molecular weight is 283 g/mol. The molecule has 1 aliphatic rings. The van der Waals surface area contributed by atoms with Crippen LogP contribution in [0.25, 0.3) is 0 Å². The molecule has 0 bridgehead atoms. The van der Waals surface area contributed by atoms with E-state index >= 15 is 0 Å². The van der Waals surface area contributed by atoms with Crippen LogP contribution in [0.15, 0.2) is 24.3 Å². The van der Waals surface area contributed by atoms with E-state index in [1.807, 2.05) is 18.2 Å². The van der Waals surface area contributed by atoms with E-state index in [9.17, 15) is 0 Å². The first-order chi connectivity index (χ1) is 9.22. The highest BCUT2D eigenvalue weighted by atomic mass is 35.5. The molecule has 2 N–H and O–H groups in total. The first kappa shape index (κ1) is 14.8. The molecule has 19 heavy (non-hydrogen) atoms. The van der Waals surface area contributed by atoms with Crippen molar-refractivity contribution >= 4 is 11.6 Å². The number of nitrogens with two attached hydrogens (primary N) is 1. The van der Waals surface area contributed by atoms with E-state index in [-0.39, 0.29) is 12.1 Å². The zero-order chi connectivity index (χ0) is 13.7. The summed E-state index contributed by atoms with van der Waals surface area (Å²) in [5, 5.41) is 0.775. The number of halogens is 1. The first-order valence-electron chi connectivity index (χ1n) is 7.05. The number of benzene rings is 1. The van der Waals surface area contributed by atoms with Gasteiger partial charge in [-0.3, -0.25) is 4.90 Å². The second-order valence-electron chi connectivity index (χ2n) is 5.07. The van der Waals surface area contributed by atoms with Gasteiger partial charge in [0.2, 0.25) is 0 Å². The Morgan fingerprint density at radius 3 is 2.95 bits per heavy atom. The smallest absolute Gasteiger partial charge is 0.0593 e. The van der Waals surface area contributed by atoms with Crippen molar-refractivity contribution in [2.75, 3.05) is 26.3 Å². The van der Waals surface area contributed by atoms with Crippen molar-refractivity contribution < 1.29 is 4.74 Å². The lowest BCUT2D eigenvalue weighted by Crippen LogP contribution is -2.42. The molecule has 4 heteroatoms. The third kappa shape index (κ3) is 3.93. The summed E-state index contributed by atoms with van der Waals surface area (Å²) in [6, 6.07) is 8.42. The lowest BCUT2D eigenvalue weighted by atomic mass is 9.96. The molecule has 1 saturated heterocycles. The second-order valence-corrected chi connectivity index (χ2v) is 5.51. The summed E-state index contributed by atoms with van der Waals surface area (Å²) < 4.78 is 5.54. The van der Waals surface area contributed by atoms with E-state index in [1.165, 1.54) is 5.56 Å². The van der Waals surface area contributed by atoms with Crippen molar-refractivity contribution in [2.24, 2.45) is 5.73 Å². The molecular formula is C15H23ClN2O. The molecule has 0 saturated carbocycles. The number of ether oxygens (including phenoxy) is 1. The molecule has 2 unspecified atom stereocenters. The molecule has 2 atom stereocenters. The zero-order valence-electron chi connectivity index (χ0n) is 11.5. The Morgan fingerprint density at radius 1 is 1.37 bits per heavy atom. The van der Waals surface area contributed by atoms with E-state index in [4.69, 9.17) is 22.1 Å². The summed E-state index contributed by atoms with van der Waals surface area (Å²) in [6.07, 6.45) is 2.02. The van der Waals surface area contributed by atoms with Crippen LogP contribution >= 0.6 is 11.6 Å². The molecule has 0 radical (unpaired) electrons. The van der Waals surface area contributed by atoms with Gasteiger partial charge in [0, 0.05) is 30.8 Å². The average Bonchev–Trinajstić information content (AvgIpc) is 2.68. The fourth-order valence-corrected chi connectivity index (χ4v) is 2.88. The van der Waals surface area contributed by atoms with E-state index in [2.05, 4.69) is 17.9 Å². The topological polar surface area (TPSA) is 38.5 Å². The molecule has 0 spiro atoms. The van der Waals surface area contributed by atoms with E-state index in [0.717, 1.165) is 44.2 Å². The standard InChI is InChI=1S/C15H23ClN2O/c1-2-14(17)15(12-5-3-6-13(16)11-12)18-7-4-9-19-10-8-18/h3,5-6,11,14-15H,2,4,7-10,17H2,1H3. The van der Waals surface area contributed by atoms with E-state index < -0.39 is 0 Å². The van der Waals surface area contributed by atoms with Gasteiger partial charge >= 0.3 is 0 Å². The van der Waals surface area contributed by atoms with Crippen LogP contribution < -0.4 is 5.73 Å². The highest BCUT2D eigenvalue weighted by Gasteiger charge is 2.26. The molecule has 1 fully saturated rings. The lowest BCUT2D eigenvalue weighted by molar-refractivity contribution is 0.125. The van der Waals surface area contributed by atoms with Gasteiger partial charge < -0.3 is 10.5 Å². The number of hydrogen-bond donors (Lipinski definition) is 1. The van der Waals surface area contributed by atoms with Gasteiger partial charge in [0.1, 0.15) is 0 Å². The normalized spacial score (nSPS) is 20.8. The SMILES string of the molecule is CCC(N)C(c1cccc(Cl)c1)N1CCCOCC1. The Kier molecular flexibility index (Phi) is 5.64. The maximum atomic E-state index is 6.36. The Balaban J connectivity index is 2.24. The Labute approximate surface area is 120 Å². The fourth-order valence-electron chi connectivity index (χ4n) is 2.69. The molecule has 1 aromatic rings.